The van der Waals surface area contributed by atoms with Crippen LogP contribution in [0.4, 0.5) is 5.69 Å². The fourth-order valence-corrected chi connectivity index (χ4v) is 2.29. The molecule has 1 unspecified atom stereocenters. The van der Waals surface area contributed by atoms with E-state index in [1.165, 1.54) is 3.57 Å². The van der Waals surface area contributed by atoms with Gasteiger partial charge in [0, 0.05) is 14.8 Å². The standard InChI is InChI=1S/C15H16INO/c1-2-14(13-5-3-4-6-15(13)18)17-12-9-7-11(16)8-10-12/h3-10,14,17-18H,2H2,1H3. The van der Waals surface area contributed by atoms with Crippen molar-refractivity contribution in [3.05, 3.63) is 57.7 Å². The van der Waals surface area contributed by atoms with E-state index in [-0.39, 0.29) is 6.04 Å². The molecular formula is C15H16INO. The summed E-state index contributed by atoms with van der Waals surface area (Å²) in [6.45, 7) is 2.11. The maximum Gasteiger partial charge on any atom is 0.120 e. The van der Waals surface area contributed by atoms with Crippen LogP contribution in [0, 0.1) is 3.57 Å². The molecule has 0 aliphatic heterocycles. The number of anilines is 1. The second-order valence-corrected chi connectivity index (χ2v) is 5.42. The lowest BCUT2D eigenvalue weighted by atomic mass is 10.0. The Hall–Kier alpha value is -1.23. The molecule has 0 saturated carbocycles. The average molecular weight is 353 g/mol. The molecule has 0 aliphatic rings. The van der Waals surface area contributed by atoms with Crippen molar-refractivity contribution in [2.45, 2.75) is 19.4 Å². The van der Waals surface area contributed by atoms with Crippen LogP contribution in [0.2, 0.25) is 0 Å². The molecule has 3 heteroatoms. The zero-order valence-electron chi connectivity index (χ0n) is 10.2. The van der Waals surface area contributed by atoms with E-state index in [4.69, 9.17) is 0 Å². The van der Waals surface area contributed by atoms with E-state index < -0.39 is 0 Å². The van der Waals surface area contributed by atoms with E-state index in [1.807, 2.05) is 18.2 Å². The second-order valence-electron chi connectivity index (χ2n) is 4.17. The summed E-state index contributed by atoms with van der Waals surface area (Å²) in [6.07, 6.45) is 0.920. The fraction of sp³-hybridized carbons (Fsp3) is 0.200. The third kappa shape index (κ3) is 3.16. The van der Waals surface area contributed by atoms with Crippen LogP contribution in [0.3, 0.4) is 0 Å². The molecule has 0 aliphatic carbocycles. The summed E-state index contributed by atoms with van der Waals surface area (Å²) in [7, 11) is 0. The number of hydrogen-bond acceptors (Lipinski definition) is 2. The number of aromatic hydroxyl groups is 1. The molecule has 0 fully saturated rings. The largest absolute Gasteiger partial charge is 0.508 e. The minimum Gasteiger partial charge on any atom is -0.508 e. The highest BCUT2D eigenvalue weighted by atomic mass is 127. The molecule has 2 rings (SSSR count). The molecule has 0 heterocycles. The quantitative estimate of drug-likeness (QED) is 0.790. The monoisotopic (exact) mass is 353 g/mol. The van der Waals surface area contributed by atoms with E-state index in [0.717, 1.165) is 17.7 Å². The van der Waals surface area contributed by atoms with Gasteiger partial charge in [-0.3, -0.25) is 0 Å². The third-order valence-corrected chi connectivity index (χ3v) is 3.62. The predicted molar refractivity (Wildman–Crippen MR) is 83.9 cm³/mol. The van der Waals surface area contributed by atoms with Gasteiger partial charge in [-0.1, -0.05) is 25.1 Å². The van der Waals surface area contributed by atoms with Crippen LogP contribution in [0.15, 0.2) is 48.5 Å². The van der Waals surface area contributed by atoms with Crippen molar-refractivity contribution in [2.24, 2.45) is 0 Å². The molecule has 94 valence electrons. The molecule has 0 bridgehead atoms. The summed E-state index contributed by atoms with van der Waals surface area (Å²) in [5, 5.41) is 13.3. The van der Waals surface area contributed by atoms with Gasteiger partial charge < -0.3 is 10.4 Å². The number of phenols is 1. The fourth-order valence-electron chi connectivity index (χ4n) is 1.93. The van der Waals surface area contributed by atoms with Gasteiger partial charge in [-0.2, -0.15) is 0 Å². The van der Waals surface area contributed by atoms with Gasteiger partial charge >= 0.3 is 0 Å². The van der Waals surface area contributed by atoms with E-state index in [2.05, 4.69) is 59.1 Å². The second kappa shape index (κ2) is 6.09. The Kier molecular flexibility index (Phi) is 4.47. The molecule has 18 heavy (non-hydrogen) atoms. The van der Waals surface area contributed by atoms with Crippen LogP contribution in [0.1, 0.15) is 24.9 Å². The number of nitrogens with one attached hydrogen (secondary N) is 1. The number of benzene rings is 2. The Bertz CT molecular complexity index is 510. The molecule has 0 radical (unpaired) electrons. The molecule has 2 aromatic rings. The first-order valence-corrected chi connectivity index (χ1v) is 7.08. The van der Waals surface area contributed by atoms with Crippen LogP contribution >= 0.6 is 22.6 Å². The maximum absolute atomic E-state index is 9.89. The number of para-hydroxylation sites is 1. The van der Waals surface area contributed by atoms with Crippen LogP contribution < -0.4 is 5.32 Å². The molecule has 2 nitrogen and oxygen atoms in total. The van der Waals surface area contributed by atoms with E-state index in [1.54, 1.807) is 6.07 Å². The molecule has 0 spiro atoms. The van der Waals surface area contributed by atoms with Crippen molar-refractivity contribution in [3.63, 3.8) is 0 Å². The van der Waals surface area contributed by atoms with Gasteiger partial charge in [-0.25, -0.2) is 0 Å². The van der Waals surface area contributed by atoms with Gasteiger partial charge in [0.2, 0.25) is 0 Å². The molecule has 0 saturated heterocycles. The molecule has 1 atom stereocenters. The third-order valence-electron chi connectivity index (χ3n) is 2.91. The Morgan fingerprint density at radius 1 is 1.11 bits per heavy atom. The van der Waals surface area contributed by atoms with Gasteiger partial charge in [0.25, 0.3) is 0 Å². The van der Waals surface area contributed by atoms with Gasteiger partial charge in [0.1, 0.15) is 5.75 Å². The number of hydrogen-bond donors (Lipinski definition) is 2. The lowest BCUT2D eigenvalue weighted by Crippen LogP contribution is -2.09. The minimum atomic E-state index is 0.131. The number of rotatable bonds is 4. The predicted octanol–water partition coefficient (Wildman–Crippen LogP) is 4.56. The van der Waals surface area contributed by atoms with Crippen LogP contribution in [-0.4, -0.2) is 5.11 Å². The van der Waals surface area contributed by atoms with Gasteiger partial charge in [0.15, 0.2) is 0 Å². The first-order valence-electron chi connectivity index (χ1n) is 6.00. The van der Waals surface area contributed by atoms with Crippen LogP contribution in [0.25, 0.3) is 0 Å². The summed E-state index contributed by atoms with van der Waals surface area (Å²) in [5.74, 6) is 0.349. The molecule has 0 aromatic heterocycles. The first-order chi connectivity index (χ1) is 8.70. The summed E-state index contributed by atoms with van der Waals surface area (Å²) < 4.78 is 1.22. The SMILES string of the molecule is CCC(Nc1ccc(I)cc1)c1ccccc1O. The highest BCUT2D eigenvalue weighted by Crippen LogP contribution is 2.29. The Balaban J connectivity index is 2.20. The highest BCUT2D eigenvalue weighted by molar-refractivity contribution is 14.1. The molecule has 2 aromatic carbocycles. The van der Waals surface area contributed by atoms with Crippen molar-refractivity contribution < 1.29 is 5.11 Å². The summed E-state index contributed by atoms with van der Waals surface area (Å²) in [4.78, 5) is 0. The van der Waals surface area contributed by atoms with Crippen molar-refractivity contribution >= 4 is 28.3 Å². The Labute approximate surface area is 121 Å². The van der Waals surface area contributed by atoms with Gasteiger partial charge in [-0.05, 0) is 59.3 Å². The van der Waals surface area contributed by atoms with Crippen LogP contribution in [-0.2, 0) is 0 Å². The van der Waals surface area contributed by atoms with Crippen LogP contribution in [0.5, 0.6) is 5.75 Å². The Morgan fingerprint density at radius 3 is 2.39 bits per heavy atom. The molecule has 0 amide bonds. The van der Waals surface area contributed by atoms with Gasteiger partial charge in [0.05, 0.1) is 6.04 Å². The lowest BCUT2D eigenvalue weighted by molar-refractivity contribution is 0.463. The minimum absolute atomic E-state index is 0.131. The van der Waals surface area contributed by atoms with E-state index in [0.29, 0.717) is 5.75 Å². The first kappa shape index (κ1) is 13.2. The zero-order chi connectivity index (χ0) is 13.0. The summed E-state index contributed by atoms with van der Waals surface area (Å²) in [6, 6.07) is 15.9. The number of phenolic OH excluding ortho intramolecular Hbond substituents is 1. The van der Waals surface area contributed by atoms with Crippen molar-refractivity contribution in [1.82, 2.24) is 0 Å². The zero-order valence-corrected chi connectivity index (χ0v) is 12.4. The van der Waals surface area contributed by atoms with Gasteiger partial charge in [-0.15, -0.1) is 0 Å². The average Bonchev–Trinajstić information content (AvgIpc) is 2.39. The summed E-state index contributed by atoms with van der Waals surface area (Å²) in [5.41, 5.74) is 2.02. The molecular weight excluding hydrogens is 337 g/mol. The van der Waals surface area contributed by atoms with Crippen molar-refractivity contribution in [3.8, 4) is 5.75 Å². The van der Waals surface area contributed by atoms with Crippen molar-refractivity contribution in [1.29, 1.82) is 0 Å². The topological polar surface area (TPSA) is 32.3 Å². The van der Waals surface area contributed by atoms with E-state index in [9.17, 15) is 5.11 Å². The highest BCUT2D eigenvalue weighted by Gasteiger charge is 2.12. The van der Waals surface area contributed by atoms with E-state index >= 15 is 0 Å². The lowest BCUT2D eigenvalue weighted by Gasteiger charge is -2.19. The number of halogens is 1. The normalized spacial score (nSPS) is 12.1. The summed E-state index contributed by atoms with van der Waals surface area (Å²) >= 11 is 2.29. The maximum atomic E-state index is 9.89. The van der Waals surface area contributed by atoms with Crippen molar-refractivity contribution in [2.75, 3.05) is 5.32 Å². The Morgan fingerprint density at radius 2 is 1.78 bits per heavy atom. The smallest absolute Gasteiger partial charge is 0.120 e. The molecule has 2 N–H and O–H groups in total.